The van der Waals surface area contributed by atoms with Gasteiger partial charge in [0, 0.05) is 37.6 Å². The van der Waals surface area contributed by atoms with E-state index >= 15 is 0 Å². The third-order valence-electron chi connectivity index (χ3n) is 6.17. The number of nitrogens with one attached hydrogen (secondary N) is 2. The average Bonchev–Trinajstić information content (AvgIpc) is 2.79. The van der Waals surface area contributed by atoms with Gasteiger partial charge < -0.3 is 15.5 Å². The molecular weight excluding hydrogens is 405 g/mol. The van der Waals surface area contributed by atoms with Crippen molar-refractivity contribution in [1.29, 1.82) is 0 Å². The lowest BCUT2D eigenvalue weighted by molar-refractivity contribution is 0.0943. The molecule has 6 nitrogen and oxygen atoms in total. The molecule has 1 fully saturated rings. The molecule has 0 radical (unpaired) electrons. The monoisotopic (exact) mass is 435 g/mol. The lowest BCUT2D eigenvalue weighted by atomic mass is 9.86. The van der Waals surface area contributed by atoms with Gasteiger partial charge in [-0.3, -0.25) is 4.79 Å². The second-order valence-corrected chi connectivity index (χ2v) is 8.82. The summed E-state index contributed by atoms with van der Waals surface area (Å²) in [5.41, 5.74) is 1.84. The van der Waals surface area contributed by atoms with E-state index in [2.05, 4.69) is 10.6 Å². The molecule has 3 aromatic rings. The van der Waals surface area contributed by atoms with Crippen LogP contribution in [0.15, 0.2) is 42.5 Å². The highest BCUT2D eigenvalue weighted by Crippen LogP contribution is 2.28. The smallest absolute Gasteiger partial charge is 0.251 e. The summed E-state index contributed by atoms with van der Waals surface area (Å²) in [7, 11) is 3.98. The van der Waals surface area contributed by atoms with Crippen LogP contribution in [0.25, 0.3) is 10.9 Å². The fourth-order valence-electron chi connectivity index (χ4n) is 4.23. The van der Waals surface area contributed by atoms with Gasteiger partial charge in [-0.1, -0.05) is 18.2 Å². The first-order chi connectivity index (χ1) is 15.4. The van der Waals surface area contributed by atoms with Gasteiger partial charge in [-0.2, -0.15) is 4.98 Å². The largest absolute Gasteiger partial charge is 0.362 e. The quantitative estimate of drug-likeness (QED) is 0.595. The van der Waals surface area contributed by atoms with Gasteiger partial charge in [0.1, 0.15) is 11.6 Å². The second-order valence-electron chi connectivity index (χ2n) is 8.82. The van der Waals surface area contributed by atoms with Crippen LogP contribution in [0.2, 0.25) is 0 Å². The first kappa shape index (κ1) is 22.0. The molecule has 1 saturated carbocycles. The van der Waals surface area contributed by atoms with Crippen LogP contribution < -0.4 is 15.5 Å². The van der Waals surface area contributed by atoms with Gasteiger partial charge in [-0.15, -0.1) is 0 Å². The Balaban J connectivity index is 1.31. The van der Waals surface area contributed by atoms with Crippen LogP contribution in [-0.4, -0.2) is 42.6 Å². The van der Waals surface area contributed by atoms with E-state index in [0.717, 1.165) is 42.4 Å². The maximum absolute atomic E-state index is 13.7. The number of anilines is 2. The van der Waals surface area contributed by atoms with Crippen LogP contribution in [-0.2, 0) is 0 Å². The van der Waals surface area contributed by atoms with Crippen molar-refractivity contribution in [3.8, 4) is 0 Å². The number of halogens is 1. The molecule has 1 aliphatic carbocycles. The van der Waals surface area contributed by atoms with Gasteiger partial charge in [0.2, 0.25) is 5.95 Å². The van der Waals surface area contributed by atoms with E-state index in [9.17, 15) is 9.18 Å². The molecule has 1 aliphatic rings. The van der Waals surface area contributed by atoms with Crippen LogP contribution in [0, 0.1) is 18.7 Å². The van der Waals surface area contributed by atoms with Crippen molar-refractivity contribution in [3.63, 3.8) is 0 Å². The predicted octanol–water partition coefficient (Wildman–Crippen LogP) is 4.54. The minimum atomic E-state index is -0.349. The molecule has 0 spiro atoms. The topological polar surface area (TPSA) is 70.2 Å². The average molecular weight is 436 g/mol. The number of amides is 1. The number of carbonyl (C=O) groups excluding carboxylic acids is 1. The summed E-state index contributed by atoms with van der Waals surface area (Å²) in [6.45, 7) is 2.30. The zero-order valence-corrected chi connectivity index (χ0v) is 18.9. The number of nitrogens with zero attached hydrogens (tertiary/aromatic N) is 3. The van der Waals surface area contributed by atoms with Crippen molar-refractivity contribution in [2.24, 2.45) is 5.92 Å². The van der Waals surface area contributed by atoms with E-state index in [0.29, 0.717) is 35.6 Å². The first-order valence-corrected chi connectivity index (χ1v) is 11.2. The molecular formula is C25H30FN5O. The number of hydrogen-bond acceptors (Lipinski definition) is 5. The van der Waals surface area contributed by atoms with Crippen molar-refractivity contribution in [3.05, 3.63) is 59.4 Å². The van der Waals surface area contributed by atoms with Crippen LogP contribution in [0.5, 0.6) is 0 Å². The van der Waals surface area contributed by atoms with E-state index in [4.69, 9.17) is 9.97 Å². The summed E-state index contributed by atoms with van der Waals surface area (Å²) < 4.78 is 13.7. The molecule has 32 heavy (non-hydrogen) atoms. The molecule has 4 rings (SSSR count). The lowest BCUT2D eigenvalue weighted by Crippen LogP contribution is -2.34. The maximum Gasteiger partial charge on any atom is 0.251 e. The summed E-state index contributed by atoms with van der Waals surface area (Å²) in [5, 5.41) is 7.51. The zero-order valence-electron chi connectivity index (χ0n) is 18.9. The minimum absolute atomic E-state index is 0.218. The van der Waals surface area contributed by atoms with Gasteiger partial charge >= 0.3 is 0 Å². The van der Waals surface area contributed by atoms with Crippen molar-refractivity contribution < 1.29 is 9.18 Å². The Morgan fingerprint density at radius 3 is 2.56 bits per heavy atom. The lowest BCUT2D eigenvalue weighted by Gasteiger charge is -2.29. The van der Waals surface area contributed by atoms with Crippen molar-refractivity contribution >= 4 is 28.6 Å². The Morgan fingerprint density at radius 2 is 1.84 bits per heavy atom. The standard InChI is InChI=1S/C25H30FN5O/c1-16-8-11-18(14-21(16)26)24(32)27-15-17-9-12-19(13-10-17)28-25-29-22-7-5-4-6-20(22)23(30-25)31(2)3/h4-8,11,14,17,19H,9-10,12-13,15H2,1-3H3,(H,27,32)(H,28,29,30). The van der Waals surface area contributed by atoms with Crippen molar-refractivity contribution in [2.75, 3.05) is 30.9 Å². The van der Waals surface area contributed by atoms with Crippen LogP contribution in [0.3, 0.4) is 0 Å². The van der Waals surface area contributed by atoms with Gasteiger partial charge in [0.15, 0.2) is 0 Å². The first-order valence-electron chi connectivity index (χ1n) is 11.2. The van der Waals surface area contributed by atoms with E-state index in [-0.39, 0.29) is 11.7 Å². The van der Waals surface area contributed by atoms with Gasteiger partial charge in [-0.05, 0) is 68.4 Å². The van der Waals surface area contributed by atoms with Gasteiger partial charge in [0.05, 0.1) is 5.52 Å². The Labute approximate surface area is 188 Å². The van der Waals surface area contributed by atoms with E-state index < -0.39 is 0 Å². The summed E-state index contributed by atoms with van der Waals surface area (Å²) >= 11 is 0. The molecule has 0 aliphatic heterocycles. The summed E-state index contributed by atoms with van der Waals surface area (Å²) in [6.07, 6.45) is 4.00. The number of rotatable bonds is 6. The number of aromatic nitrogens is 2. The van der Waals surface area contributed by atoms with E-state index in [1.807, 2.05) is 43.3 Å². The zero-order chi connectivity index (χ0) is 22.7. The molecule has 168 valence electrons. The summed E-state index contributed by atoms with van der Waals surface area (Å²) in [6, 6.07) is 13.0. The normalized spacial score (nSPS) is 18.4. The Morgan fingerprint density at radius 1 is 1.09 bits per heavy atom. The van der Waals surface area contributed by atoms with Crippen molar-refractivity contribution in [1.82, 2.24) is 15.3 Å². The maximum atomic E-state index is 13.7. The van der Waals surface area contributed by atoms with E-state index in [1.165, 1.54) is 6.07 Å². The number of benzene rings is 2. The molecule has 0 bridgehead atoms. The SMILES string of the molecule is Cc1ccc(C(=O)NCC2CCC(Nc3nc(N(C)C)c4ccccc4n3)CC2)cc1F. The van der Waals surface area contributed by atoms with Gasteiger partial charge in [-0.25, -0.2) is 9.37 Å². The molecule has 1 heterocycles. The second kappa shape index (κ2) is 9.51. The van der Waals surface area contributed by atoms with Crippen LogP contribution in [0.4, 0.5) is 16.2 Å². The number of hydrogen-bond donors (Lipinski definition) is 2. The Hall–Kier alpha value is -3.22. The summed E-state index contributed by atoms with van der Waals surface area (Å²) in [4.78, 5) is 23.8. The highest BCUT2D eigenvalue weighted by Gasteiger charge is 2.23. The fourth-order valence-corrected chi connectivity index (χ4v) is 4.23. The molecule has 0 saturated heterocycles. The molecule has 7 heteroatoms. The van der Waals surface area contributed by atoms with Crippen LogP contribution in [0.1, 0.15) is 41.6 Å². The number of aryl methyl sites for hydroxylation is 1. The third-order valence-corrected chi connectivity index (χ3v) is 6.17. The fraction of sp³-hybridized carbons (Fsp3) is 0.400. The molecule has 0 unspecified atom stereocenters. The predicted molar refractivity (Wildman–Crippen MR) is 127 cm³/mol. The Kier molecular flexibility index (Phi) is 6.53. The molecule has 0 atom stereocenters. The van der Waals surface area contributed by atoms with Crippen LogP contribution >= 0.6 is 0 Å². The molecule has 1 aromatic heterocycles. The van der Waals surface area contributed by atoms with Gasteiger partial charge in [0.25, 0.3) is 5.91 Å². The minimum Gasteiger partial charge on any atom is -0.362 e. The highest BCUT2D eigenvalue weighted by molar-refractivity contribution is 5.94. The van der Waals surface area contributed by atoms with E-state index in [1.54, 1.807) is 19.1 Å². The Bertz CT molecular complexity index is 1110. The summed E-state index contributed by atoms with van der Waals surface area (Å²) in [5.74, 6) is 1.41. The molecule has 2 N–H and O–H groups in total. The number of fused-ring (bicyclic) bond motifs is 1. The molecule has 1 amide bonds. The number of para-hydroxylation sites is 1. The number of carbonyl (C=O) groups is 1. The van der Waals surface area contributed by atoms with Crippen molar-refractivity contribution in [2.45, 2.75) is 38.6 Å². The highest BCUT2D eigenvalue weighted by atomic mass is 19.1. The molecule has 2 aromatic carbocycles. The third kappa shape index (κ3) is 4.98.